The summed E-state index contributed by atoms with van der Waals surface area (Å²) in [6.07, 6.45) is 5.07. The zero-order valence-electron chi connectivity index (χ0n) is 31.6. The van der Waals surface area contributed by atoms with Gasteiger partial charge < -0.3 is 14.7 Å². The number of hydrogen-bond donors (Lipinski definition) is 1. The minimum Gasteiger partial charge on any atom is -0.371 e. The van der Waals surface area contributed by atoms with Gasteiger partial charge in [0.05, 0.1) is 21.7 Å². The first kappa shape index (κ1) is 37.7. The van der Waals surface area contributed by atoms with Crippen LogP contribution in [-0.2, 0) is 22.7 Å². The maximum Gasteiger partial charge on any atom is 0.262 e. The van der Waals surface area contributed by atoms with Gasteiger partial charge >= 0.3 is 0 Å². The van der Waals surface area contributed by atoms with Crippen LogP contribution in [0.2, 0.25) is 5.02 Å². The second-order valence-electron chi connectivity index (χ2n) is 15.9. The molecule has 290 valence electrons. The smallest absolute Gasteiger partial charge is 0.262 e. The molecule has 13 heteroatoms. The number of fused-ring (bicyclic) bond motifs is 2. The molecule has 3 aromatic carbocycles. The standard InChI is InChI=1S/C43H46ClN7O5/c1-27-4-2-15-48(16-3-17-50(27)34-10-7-30(23-45)37(44)22-34)33-8-5-29(6-9-33)41(54)49-18-13-28(14-19-49)24-47-25-31-20-35-36(21-32(31)26-47)43(56)51(42(35)55)38-11-12-39(52)46-40(38)53/h5-10,20-22,27-28,38H,2-4,11-19,24-26H2,1H3,(H,46,52,53)/t27-,38?/m0/s1. The molecule has 5 aliphatic heterocycles. The Morgan fingerprint density at radius 1 is 0.821 bits per heavy atom. The quantitative estimate of drug-likeness (QED) is 0.328. The topological polar surface area (TPSA) is 137 Å². The van der Waals surface area contributed by atoms with Gasteiger partial charge in [-0.2, -0.15) is 5.26 Å². The molecule has 56 heavy (non-hydrogen) atoms. The van der Waals surface area contributed by atoms with Crippen molar-refractivity contribution in [1.82, 2.24) is 20.0 Å². The summed E-state index contributed by atoms with van der Waals surface area (Å²) < 4.78 is 0. The molecule has 5 aliphatic rings. The Hall–Kier alpha value is -5.25. The van der Waals surface area contributed by atoms with Gasteiger partial charge in [-0.05, 0) is 117 Å². The average molecular weight is 776 g/mol. The van der Waals surface area contributed by atoms with Gasteiger partial charge in [0, 0.05) is 81.8 Å². The number of nitriles is 1. The van der Waals surface area contributed by atoms with Crippen molar-refractivity contribution in [2.45, 2.75) is 77.0 Å². The van der Waals surface area contributed by atoms with Crippen molar-refractivity contribution >= 4 is 52.5 Å². The van der Waals surface area contributed by atoms with Gasteiger partial charge in [-0.3, -0.25) is 39.1 Å². The fourth-order valence-corrected chi connectivity index (χ4v) is 9.38. The fourth-order valence-electron chi connectivity index (χ4n) is 9.16. The van der Waals surface area contributed by atoms with Gasteiger partial charge in [0.1, 0.15) is 12.1 Å². The molecule has 5 amide bonds. The van der Waals surface area contributed by atoms with E-state index >= 15 is 0 Å². The number of anilines is 2. The van der Waals surface area contributed by atoms with Crippen LogP contribution in [0.25, 0.3) is 0 Å². The number of hydrogen-bond acceptors (Lipinski definition) is 9. The van der Waals surface area contributed by atoms with Crippen LogP contribution in [0.4, 0.5) is 11.4 Å². The third-order valence-electron chi connectivity index (χ3n) is 12.3. The third kappa shape index (κ3) is 7.38. The molecule has 0 saturated carbocycles. The van der Waals surface area contributed by atoms with Crippen LogP contribution in [0.5, 0.6) is 0 Å². The maximum atomic E-state index is 13.6. The SMILES string of the molecule is C[C@H]1CCCN(c2ccc(C(=O)N3CCC(CN4Cc5cc6c(cc5C4)C(=O)N(C4CCC(=O)NC4=O)C6=O)CC3)cc2)CCCN1c1ccc(C#N)c(Cl)c1. The normalized spacial score (nSPS) is 22.3. The molecule has 0 spiro atoms. The molecule has 3 saturated heterocycles. The second kappa shape index (κ2) is 15.7. The first-order chi connectivity index (χ1) is 27.1. The van der Waals surface area contributed by atoms with Crippen LogP contribution in [0.15, 0.2) is 54.6 Å². The van der Waals surface area contributed by atoms with E-state index < -0.39 is 29.7 Å². The summed E-state index contributed by atoms with van der Waals surface area (Å²) in [6, 6.07) is 18.9. The predicted octanol–water partition coefficient (Wildman–Crippen LogP) is 5.37. The van der Waals surface area contributed by atoms with Gasteiger partial charge in [-0.1, -0.05) is 11.6 Å². The molecule has 12 nitrogen and oxygen atoms in total. The Labute approximate surface area is 331 Å². The highest BCUT2D eigenvalue weighted by Crippen LogP contribution is 2.35. The van der Waals surface area contributed by atoms with E-state index in [2.05, 4.69) is 45.1 Å². The maximum absolute atomic E-state index is 13.6. The first-order valence-corrected chi connectivity index (χ1v) is 20.2. The second-order valence-corrected chi connectivity index (χ2v) is 16.3. The average Bonchev–Trinajstić information content (AvgIpc) is 3.72. The highest BCUT2D eigenvalue weighted by molar-refractivity contribution is 6.32. The Morgan fingerprint density at radius 2 is 1.48 bits per heavy atom. The molecular weight excluding hydrogens is 730 g/mol. The molecule has 0 bridgehead atoms. The Bertz CT molecular complexity index is 2080. The molecule has 3 aromatic rings. The zero-order valence-corrected chi connectivity index (χ0v) is 32.4. The number of halogens is 1. The van der Waals surface area contributed by atoms with Crippen molar-refractivity contribution in [3.63, 3.8) is 0 Å². The van der Waals surface area contributed by atoms with Crippen molar-refractivity contribution in [3.8, 4) is 6.07 Å². The molecule has 1 unspecified atom stereocenters. The van der Waals surface area contributed by atoms with E-state index in [1.54, 1.807) is 6.07 Å². The largest absolute Gasteiger partial charge is 0.371 e. The summed E-state index contributed by atoms with van der Waals surface area (Å²) in [5.74, 6) is -1.46. The van der Waals surface area contributed by atoms with E-state index in [1.165, 1.54) is 0 Å². The number of rotatable bonds is 6. The predicted molar refractivity (Wildman–Crippen MR) is 211 cm³/mol. The molecule has 0 radical (unpaired) electrons. The van der Waals surface area contributed by atoms with Crippen LogP contribution in [0, 0.1) is 17.2 Å². The van der Waals surface area contributed by atoms with E-state index in [-0.39, 0.29) is 18.7 Å². The summed E-state index contributed by atoms with van der Waals surface area (Å²) >= 11 is 6.37. The number of piperidine rings is 2. The lowest BCUT2D eigenvalue weighted by Gasteiger charge is -2.34. The summed E-state index contributed by atoms with van der Waals surface area (Å²) in [4.78, 5) is 74.4. The number of imide groups is 2. The number of carbonyl (C=O) groups is 5. The number of nitrogens with one attached hydrogen (secondary N) is 1. The molecule has 0 aromatic heterocycles. The first-order valence-electron chi connectivity index (χ1n) is 19.8. The van der Waals surface area contributed by atoms with Gasteiger partial charge in [0.25, 0.3) is 17.7 Å². The summed E-state index contributed by atoms with van der Waals surface area (Å²) in [7, 11) is 0. The number of likely N-dealkylation sites (tertiary alicyclic amines) is 1. The lowest BCUT2D eigenvalue weighted by atomic mass is 9.95. The Kier molecular flexibility index (Phi) is 10.6. The summed E-state index contributed by atoms with van der Waals surface area (Å²) in [5.41, 5.74) is 6.05. The van der Waals surface area contributed by atoms with Gasteiger partial charge in [-0.25, -0.2) is 0 Å². The molecule has 5 heterocycles. The van der Waals surface area contributed by atoms with Crippen molar-refractivity contribution in [2.75, 3.05) is 49.1 Å². The lowest BCUT2D eigenvalue weighted by Crippen LogP contribution is -2.54. The zero-order chi connectivity index (χ0) is 39.1. The van der Waals surface area contributed by atoms with Crippen molar-refractivity contribution in [3.05, 3.63) is 93.0 Å². The number of nitrogens with zero attached hydrogens (tertiary/aromatic N) is 6. The number of amides is 5. The summed E-state index contributed by atoms with van der Waals surface area (Å²) in [6.45, 7) is 8.59. The van der Waals surface area contributed by atoms with Crippen molar-refractivity contribution < 1.29 is 24.0 Å². The molecular formula is C43H46ClN7O5. The Morgan fingerprint density at radius 3 is 2.12 bits per heavy atom. The fraction of sp³-hybridized carbons (Fsp3) is 0.442. The molecule has 0 aliphatic carbocycles. The van der Waals surface area contributed by atoms with Crippen LogP contribution >= 0.6 is 11.6 Å². The highest BCUT2D eigenvalue weighted by Gasteiger charge is 2.45. The lowest BCUT2D eigenvalue weighted by molar-refractivity contribution is -0.136. The van der Waals surface area contributed by atoms with Gasteiger partial charge in [0.2, 0.25) is 11.8 Å². The van der Waals surface area contributed by atoms with E-state index in [0.29, 0.717) is 65.4 Å². The molecule has 2 atom stereocenters. The monoisotopic (exact) mass is 775 g/mol. The number of benzene rings is 3. The van der Waals surface area contributed by atoms with E-state index in [0.717, 1.165) is 85.7 Å². The van der Waals surface area contributed by atoms with Crippen LogP contribution in [0.1, 0.15) is 99.6 Å². The minimum absolute atomic E-state index is 0.0637. The van der Waals surface area contributed by atoms with Gasteiger partial charge in [0.15, 0.2) is 0 Å². The van der Waals surface area contributed by atoms with Crippen LogP contribution < -0.4 is 15.1 Å². The van der Waals surface area contributed by atoms with E-state index in [1.807, 2.05) is 41.3 Å². The van der Waals surface area contributed by atoms with E-state index in [9.17, 15) is 29.2 Å². The summed E-state index contributed by atoms with van der Waals surface area (Å²) in [5, 5.41) is 12.0. The van der Waals surface area contributed by atoms with Crippen molar-refractivity contribution in [1.29, 1.82) is 5.26 Å². The van der Waals surface area contributed by atoms with Crippen molar-refractivity contribution in [2.24, 2.45) is 5.92 Å². The van der Waals surface area contributed by atoms with Crippen LogP contribution in [0.3, 0.4) is 0 Å². The molecule has 3 fully saturated rings. The third-order valence-corrected chi connectivity index (χ3v) is 12.6. The highest BCUT2D eigenvalue weighted by atomic mass is 35.5. The number of carbonyl (C=O) groups excluding carboxylic acids is 5. The minimum atomic E-state index is -0.969. The Balaban J connectivity index is 0.817. The molecule has 1 N–H and O–H groups in total. The van der Waals surface area contributed by atoms with Crippen LogP contribution in [-0.4, -0.2) is 95.6 Å². The van der Waals surface area contributed by atoms with Gasteiger partial charge in [-0.15, -0.1) is 0 Å². The van der Waals surface area contributed by atoms with E-state index in [4.69, 9.17) is 11.6 Å². The molecule has 8 rings (SSSR count).